The summed E-state index contributed by atoms with van der Waals surface area (Å²) in [6, 6.07) is 6.39. The highest BCUT2D eigenvalue weighted by Gasteiger charge is 2.28. The van der Waals surface area contributed by atoms with E-state index in [0.29, 0.717) is 44.7 Å². The van der Waals surface area contributed by atoms with Crippen molar-refractivity contribution in [3.63, 3.8) is 0 Å². The van der Waals surface area contributed by atoms with Crippen LogP contribution in [0.1, 0.15) is 33.1 Å². The molecule has 9 heteroatoms. The van der Waals surface area contributed by atoms with Crippen LogP contribution in [0.25, 0.3) is 0 Å². The van der Waals surface area contributed by atoms with E-state index >= 15 is 0 Å². The lowest BCUT2D eigenvalue weighted by Gasteiger charge is -2.33. The molecule has 2 amide bonds. The number of carbonyl (C=O) groups is 2. The number of benzene rings is 1. The molecule has 1 saturated heterocycles. The van der Waals surface area contributed by atoms with Crippen molar-refractivity contribution in [3.8, 4) is 0 Å². The van der Waals surface area contributed by atoms with Crippen LogP contribution in [0.5, 0.6) is 0 Å². The Morgan fingerprint density at radius 2 is 1.87 bits per heavy atom. The Balaban J connectivity index is 1.73. The van der Waals surface area contributed by atoms with Gasteiger partial charge in [-0.2, -0.15) is 0 Å². The molecular formula is C22H35N5O4. The molecule has 0 radical (unpaired) electrons. The average molecular weight is 434 g/mol. The van der Waals surface area contributed by atoms with Gasteiger partial charge in [0.2, 0.25) is 11.8 Å². The molecule has 172 valence electrons. The van der Waals surface area contributed by atoms with E-state index in [9.17, 15) is 19.7 Å². The van der Waals surface area contributed by atoms with E-state index in [1.54, 1.807) is 23.1 Å². The molecule has 2 rings (SSSR count). The highest BCUT2D eigenvalue weighted by Crippen LogP contribution is 2.23. The normalized spacial score (nSPS) is 15.1. The molecule has 0 aromatic heterocycles. The SMILES string of the molecule is CN(C)CC(C)(C)CNC(=O)C1CCN(C(=O)CCNc2ccccc2[N+](=O)[O-])CC1. The number of piperidine rings is 1. The predicted molar refractivity (Wildman–Crippen MR) is 121 cm³/mol. The second-order valence-corrected chi connectivity index (χ2v) is 9.23. The quantitative estimate of drug-likeness (QED) is 0.433. The number of amides is 2. The molecule has 1 fully saturated rings. The van der Waals surface area contributed by atoms with E-state index < -0.39 is 4.92 Å². The lowest BCUT2D eigenvalue weighted by Crippen LogP contribution is -2.46. The minimum absolute atomic E-state index is 0.00272. The van der Waals surface area contributed by atoms with Crippen LogP contribution in [-0.4, -0.2) is 73.4 Å². The van der Waals surface area contributed by atoms with Crippen LogP contribution in [0, 0.1) is 21.4 Å². The summed E-state index contributed by atoms with van der Waals surface area (Å²) < 4.78 is 0. The van der Waals surface area contributed by atoms with Crippen molar-refractivity contribution < 1.29 is 14.5 Å². The minimum atomic E-state index is -0.443. The predicted octanol–water partition coefficient (Wildman–Crippen LogP) is 2.34. The van der Waals surface area contributed by atoms with E-state index in [1.165, 1.54) is 6.07 Å². The zero-order valence-electron chi connectivity index (χ0n) is 19.0. The number of anilines is 1. The number of rotatable bonds is 10. The van der Waals surface area contributed by atoms with Crippen molar-refractivity contribution in [1.82, 2.24) is 15.1 Å². The van der Waals surface area contributed by atoms with E-state index in [4.69, 9.17) is 0 Å². The summed E-state index contributed by atoms with van der Waals surface area (Å²) >= 11 is 0. The van der Waals surface area contributed by atoms with Crippen LogP contribution < -0.4 is 10.6 Å². The van der Waals surface area contributed by atoms with Crippen LogP contribution in [0.15, 0.2) is 24.3 Å². The third kappa shape index (κ3) is 7.82. The number of nitro benzene ring substituents is 1. The molecule has 0 aliphatic carbocycles. The third-order valence-electron chi connectivity index (χ3n) is 5.46. The fraction of sp³-hybridized carbons (Fsp3) is 0.636. The summed E-state index contributed by atoms with van der Waals surface area (Å²) in [7, 11) is 4.04. The van der Waals surface area contributed by atoms with Gasteiger partial charge < -0.3 is 20.4 Å². The number of nitrogens with one attached hydrogen (secondary N) is 2. The number of likely N-dealkylation sites (tertiary alicyclic amines) is 1. The summed E-state index contributed by atoms with van der Waals surface area (Å²) in [4.78, 5) is 39.5. The van der Waals surface area contributed by atoms with Gasteiger partial charge in [0.05, 0.1) is 4.92 Å². The molecule has 0 atom stereocenters. The highest BCUT2D eigenvalue weighted by molar-refractivity contribution is 5.80. The Hall–Kier alpha value is -2.68. The van der Waals surface area contributed by atoms with Crippen molar-refractivity contribution in [2.24, 2.45) is 11.3 Å². The number of carbonyl (C=O) groups excluding carboxylic acids is 2. The molecule has 1 aliphatic heterocycles. The highest BCUT2D eigenvalue weighted by atomic mass is 16.6. The molecule has 1 heterocycles. The molecule has 31 heavy (non-hydrogen) atoms. The average Bonchev–Trinajstić information content (AvgIpc) is 2.71. The van der Waals surface area contributed by atoms with Gasteiger partial charge >= 0.3 is 0 Å². The van der Waals surface area contributed by atoms with Crippen molar-refractivity contribution in [1.29, 1.82) is 0 Å². The molecule has 1 aliphatic rings. The molecular weight excluding hydrogens is 398 g/mol. The van der Waals surface area contributed by atoms with Gasteiger partial charge in [0.25, 0.3) is 5.69 Å². The number of hydrogen-bond donors (Lipinski definition) is 2. The Kier molecular flexibility index (Phi) is 8.79. The number of nitro groups is 1. The number of nitrogens with zero attached hydrogens (tertiary/aromatic N) is 3. The first kappa shape index (κ1) is 24.6. The van der Waals surface area contributed by atoms with Gasteiger partial charge in [-0.25, -0.2) is 0 Å². The first-order chi connectivity index (χ1) is 14.6. The Labute approximate surface area is 184 Å². The summed E-state index contributed by atoms with van der Waals surface area (Å²) in [5.41, 5.74) is 0.403. The lowest BCUT2D eigenvalue weighted by atomic mass is 9.91. The van der Waals surface area contributed by atoms with Crippen molar-refractivity contribution >= 4 is 23.2 Å². The molecule has 9 nitrogen and oxygen atoms in total. The van der Waals surface area contributed by atoms with Crippen molar-refractivity contribution in [2.45, 2.75) is 33.1 Å². The molecule has 1 aromatic rings. The second kappa shape index (κ2) is 11.1. The Morgan fingerprint density at radius 3 is 2.48 bits per heavy atom. The summed E-state index contributed by atoms with van der Waals surface area (Å²) in [6.07, 6.45) is 1.56. The largest absolute Gasteiger partial charge is 0.379 e. The van der Waals surface area contributed by atoms with Gasteiger partial charge in [0.1, 0.15) is 5.69 Å². The van der Waals surface area contributed by atoms with Gasteiger partial charge in [-0.15, -0.1) is 0 Å². The second-order valence-electron chi connectivity index (χ2n) is 9.23. The van der Waals surface area contributed by atoms with E-state index in [1.807, 2.05) is 14.1 Å². The lowest BCUT2D eigenvalue weighted by molar-refractivity contribution is -0.384. The van der Waals surface area contributed by atoms with Crippen LogP contribution >= 0.6 is 0 Å². The minimum Gasteiger partial charge on any atom is -0.379 e. The van der Waals surface area contributed by atoms with Gasteiger partial charge in [-0.1, -0.05) is 26.0 Å². The van der Waals surface area contributed by atoms with Gasteiger partial charge in [-0.05, 0) is 38.4 Å². The van der Waals surface area contributed by atoms with E-state index in [0.717, 1.165) is 6.54 Å². The van der Waals surface area contributed by atoms with Gasteiger partial charge in [0, 0.05) is 51.1 Å². The first-order valence-corrected chi connectivity index (χ1v) is 10.8. The van der Waals surface area contributed by atoms with Crippen molar-refractivity contribution in [2.75, 3.05) is 52.1 Å². The monoisotopic (exact) mass is 433 g/mol. The van der Waals surface area contributed by atoms with Gasteiger partial charge in [-0.3, -0.25) is 19.7 Å². The van der Waals surface area contributed by atoms with Crippen LogP contribution in [0.4, 0.5) is 11.4 Å². The summed E-state index contributed by atoms with van der Waals surface area (Å²) in [6.45, 7) is 7.22. The number of hydrogen-bond acceptors (Lipinski definition) is 6. The smallest absolute Gasteiger partial charge is 0.292 e. The van der Waals surface area contributed by atoms with Crippen LogP contribution in [0.2, 0.25) is 0 Å². The Bertz CT molecular complexity index is 773. The van der Waals surface area contributed by atoms with Crippen LogP contribution in [-0.2, 0) is 9.59 Å². The zero-order chi connectivity index (χ0) is 23.0. The molecule has 0 saturated carbocycles. The fourth-order valence-electron chi connectivity index (χ4n) is 4.02. The third-order valence-corrected chi connectivity index (χ3v) is 5.46. The molecule has 2 N–H and O–H groups in total. The summed E-state index contributed by atoms with van der Waals surface area (Å²) in [5, 5.41) is 17.1. The molecule has 0 spiro atoms. The number of para-hydroxylation sites is 2. The fourth-order valence-corrected chi connectivity index (χ4v) is 4.02. The standard InChI is InChI=1S/C22H35N5O4/c1-22(2,16-25(3)4)15-24-21(29)17-10-13-26(14-11-17)20(28)9-12-23-18-7-5-6-8-19(18)27(30)31/h5-8,17,23H,9-16H2,1-4H3,(H,24,29). The van der Waals surface area contributed by atoms with E-state index in [-0.39, 0.29) is 35.3 Å². The molecule has 0 bridgehead atoms. The molecule has 0 unspecified atom stereocenters. The topological polar surface area (TPSA) is 108 Å². The maximum absolute atomic E-state index is 12.5. The Morgan fingerprint density at radius 1 is 1.23 bits per heavy atom. The summed E-state index contributed by atoms with van der Waals surface area (Å²) in [5.74, 6) is -0.00154. The first-order valence-electron chi connectivity index (χ1n) is 10.8. The maximum Gasteiger partial charge on any atom is 0.292 e. The maximum atomic E-state index is 12.5. The van der Waals surface area contributed by atoms with Crippen LogP contribution in [0.3, 0.4) is 0 Å². The van der Waals surface area contributed by atoms with E-state index in [2.05, 4.69) is 29.4 Å². The van der Waals surface area contributed by atoms with Crippen molar-refractivity contribution in [3.05, 3.63) is 34.4 Å². The molecule has 1 aromatic carbocycles. The zero-order valence-corrected chi connectivity index (χ0v) is 19.0. The van der Waals surface area contributed by atoms with Gasteiger partial charge in [0.15, 0.2) is 0 Å².